The zero-order valence-corrected chi connectivity index (χ0v) is 19.5. The van der Waals surface area contributed by atoms with Gasteiger partial charge >= 0.3 is 6.09 Å². The van der Waals surface area contributed by atoms with Crippen LogP contribution in [0.25, 0.3) is 11.2 Å². The van der Waals surface area contributed by atoms with Crippen LogP contribution in [0.1, 0.15) is 40.2 Å². The quantitative estimate of drug-likeness (QED) is 0.394. The molecule has 11 nitrogen and oxygen atoms in total. The van der Waals surface area contributed by atoms with Crippen molar-refractivity contribution < 1.29 is 24.5 Å². The third kappa shape index (κ3) is 4.21. The Morgan fingerprint density at radius 1 is 1.30 bits per heavy atom. The van der Waals surface area contributed by atoms with E-state index in [1.807, 2.05) is 22.6 Å². The fraction of sp³-hybridized carbons (Fsp3) is 0.611. The van der Waals surface area contributed by atoms with Crippen LogP contribution >= 0.6 is 22.6 Å². The summed E-state index contributed by atoms with van der Waals surface area (Å²) in [7, 11) is 1.71. The number of imidazole rings is 1. The van der Waals surface area contributed by atoms with Gasteiger partial charge in [-0.15, -0.1) is 0 Å². The molecule has 2 aromatic heterocycles. The summed E-state index contributed by atoms with van der Waals surface area (Å²) < 4.78 is 7.45. The maximum Gasteiger partial charge on any atom is 0.417 e. The van der Waals surface area contributed by atoms with Crippen LogP contribution in [0.15, 0.2) is 6.33 Å². The highest BCUT2D eigenvalue weighted by molar-refractivity contribution is 14.1. The largest absolute Gasteiger partial charge is 0.443 e. The van der Waals surface area contributed by atoms with E-state index in [0.29, 0.717) is 20.8 Å². The first-order valence-electron chi connectivity index (χ1n) is 9.41. The van der Waals surface area contributed by atoms with E-state index in [9.17, 15) is 19.8 Å². The van der Waals surface area contributed by atoms with Crippen molar-refractivity contribution in [2.75, 3.05) is 12.4 Å². The number of imide groups is 1. The Morgan fingerprint density at radius 2 is 1.97 bits per heavy atom. The molecule has 12 heteroatoms. The van der Waals surface area contributed by atoms with Crippen LogP contribution in [0, 0.1) is 3.83 Å². The maximum atomic E-state index is 12.6. The Morgan fingerprint density at radius 3 is 2.53 bits per heavy atom. The Labute approximate surface area is 187 Å². The number of carbonyl (C=O) groups excluding carboxylic acids is 2. The number of anilines is 1. The lowest BCUT2D eigenvalue weighted by molar-refractivity contribution is -0.132. The van der Waals surface area contributed by atoms with Gasteiger partial charge in [0.15, 0.2) is 20.8 Å². The summed E-state index contributed by atoms with van der Waals surface area (Å²) >= 11 is 1.98. The topological polar surface area (TPSA) is 143 Å². The van der Waals surface area contributed by atoms with E-state index in [1.54, 1.807) is 32.4 Å². The third-order valence-corrected chi connectivity index (χ3v) is 5.35. The van der Waals surface area contributed by atoms with Gasteiger partial charge in [-0.3, -0.25) is 4.79 Å². The molecule has 2 heterocycles. The lowest BCUT2D eigenvalue weighted by Gasteiger charge is -2.31. The van der Waals surface area contributed by atoms with Crippen LogP contribution in [0.5, 0.6) is 0 Å². The molecule has 0 bridgehead atoms. The van der Waals surface area contributed by atoms with E-state index in [1.165, 1.54) is 13.3 Å². The van der Waals surface area contributed by atoms with Gasteiger partial charge in [0, 0.05) is 36.6 Å². The minimum atomic E-state index is -1.35. The van der Waals surface area contributed by atoms with Crippen molar-refractivity contribution in [3.63, 3.8) is 0 Å². The van der Waals surface area contributed by atoms with E-state index >= 15 is 0 Å². The second-order valence-electron chi connectivity index (χ2n) is 8.14. The summed E-state index contributed by atoms with van der Waals surface area (Å²) in [6, 6.07) is -1.62. The van der Waals surface area contributed by atoms with E-state index < -0.39 is 41.9 Å². The molecular formula is C18H25IN6O5. The zero-order valence-electron chi connectivity index (χ0n) is 17.3. The molecule has 1 saturated carbocycles. The molecule has 164 valence electrons. The second kappa shape index (κ2) is 8.23. The average Bonchev–Trinajstić information content (AvgIpc) is 3.15. The van der Waals surface area contributed by atoms with Gasteiger partial charge in [-0.1, -0.05) is 0 Å². The zero-order chi connectivity index (χ0) is 22.4. The van der Waals surface area contributed by atoms with Gasteiger partial charge in [-0.2, -0.15) is 0 Å². The fourth-order valence-electron chi connectivity index (χ4n) is 3.63. The van der Waals surface area contributed by atoms with Crippen molar-refractivity contribution in [2.45, 2.75) is 64.0 Å². The number of ether oxygens (including phenoxy) is 1. The van der Waals surface area contributed by atoms with Crippen molar-refractivity contribution in [3.8, 4) is 0 Å². The smallest absolute Gasteiger partial charge is 0.417 e. The molecule has 1 fully saturated rings. The molecule has 0 aromatic carbocycles. The van der Waals surface area contributed by atoms with E-state index in [4.69, 9.17) is 4.74 Å². The van der Waals surface area contributed by atoms with E-state index in [0.717, 1.165) is 4.90 Å². The standard InChI is InChI=1S/C18H25IN6O5/c1-8(26)25(17(29)30-18(2,3)4)10-6-9(12(27)13(10)28)24-7-21-11-14(20-5)22-16(19)23-15(11)24/h7,9-10,12-13,27-28H,6H2,1-5H3,(H,20,22,23)/t9-,10+,12+,13-/m1/s1. The van der Waals surface area contributed by atoms with E-state index in [-0.39, 0.29) is 6.42 Å². The number of hydrogen-bond donors (Lipinski definition) is 3. The van der Waals surface area contributed by atoms with Crippen LogP contribution in [0.4, 0.5) is 10.6 Å². The first kappa shape index (κ1) is 22.6. The number of rotatable bonds is 3. The molecule has 1 aliphatic rings. The molecule has 2 amide bonds. The van der Waals surface area contributed by atoms with Crippen molar-refractivity contribution in [1.29, 1.82) is 0 Å². The third-order valence-electron chi connectivity index (χ3n) is 4.87. The molecule has 0 spiro atoms. The van der Waals surface area contributed by atoms with Crippen LogP contribution in [0.2, 0.25) is 0 Å². The Kier molecular flexibility index (Phi) is 6.20. The van der Waals surface area contributed by atoms with Gasteiger partial charge in [0.1, 0.15) is 17.8 Å². The number of fused-ring (bicyclic) bond motifs is 1. The second-order valence-corrected chi connectivity index (χ2v) is 9.10. The predicted molar refractivity (Wildman–Crippen MR) is 116 cm³/mol. The molecule has 3 rings (SSSR count). The van der Waals surface area contributed by atoms with Crippen molar-refractivity contribution >= 4 is 51.6 Å². The van der Waals surface area contributed by atoms with Gasteiger partial charge in [0.05, 0.1) is 18.4 Å². The minimum Gasteiger partial charge on any atom is -0.443 e. The SMILES string of the molecule is CNc1nc(I)nc2c1ncn2[C@@H]1C[C@H](N(C(C)=O)C(=O)OC(C)(C)C)[C@@H](O)[C@H]1O. The number of carbonyl (C=O) groups is 2. The van der Waals surface area contributed by atoms with Crippen LogP contribution in [-0.2, 0) is 9.53 Å². The number of amides is 2. The number of aliphatic hydroxyl groups excluding tert-OH is 2. The van der Waals surface area contributed by atoms with Gasteiger partial charge in [-0.25, -0.2) is 24.6 Å². The lowest BCUT2D eigenvalue weighted by Crippen LogP contribution is -2.50. The van der Waals surface area contributed by atoms with Crippen LogP contribution in [0.3, 0.4) is 0 Å². The molecule has 4 atom stereocenters. The van der Waals surface area contributed by atoms with Crippen molar-refractivity contribution in [2.24, 2.45) is 0 Å². The number of halogens is 1. The van der Waals surface area contributed by atoms with Crippen molar-refractivity contribution in [3.05, 3.63) is 10.2 Å². The molecule has 0 aliphatic heterocycles. The molecule has 2 aromatic rings. The number of aromatic nitrogens is 4. The summed E-state index contributed by atoms with van der Waals surface area (Å²) in [6.45, 7) is 6.27. The van der Waals surface area contributed by atoms with Gasteiger partial charge in [0.25, 0.3) is 0 Å². The van der Waals surface area contributed by atoms with Gasteiger partial charge in [0.2, 0.25) is 5.91 Å². The Balaban J connectivity index is 1.97. The first-order valence-corrected chi connectivity index (χ1v) is 10.5. The molecule has 30 heavy (non-hydrogen) atoms. The number of nitrogens with zero attached hydrogens (tertiary/aromatic N) is 5. The normalized spacial score (nSPS) is 24.1. The summed E-state index contributed by atoms with van der Waals surface area (Å²) in [4.78, 5) is 38.7. The highest BCUT2D eigenvalue weighted by Gasteiger charge is 2.49. The molecular weight excluding hydrogens is 507 g/mol. The maximum absolute atomic E-state index is 12.6. The van der Waals surface area contributed by atoms with Gasteiger partial charge < -0.3 is 24.8 Å². The van der Waals surface area contributed by atoms with Crippen molar-refractivity contribution in [1.82, 2.24) is 24.4 Å². The Hall–Kier alpha value is -2.06. The summed E-state index contributed by atoms with van der Waals surface area (Å²) in [5, 5.41) is 24.4. The first-order chi connectivity index (χ1) is 13.9. The lowest BCUT2D eigenvalue weighted by atomic mass is 10.1. The highest BCUT2D eigenvalue weighted by Crippen LogP contribution is 2.37. The van der Waals surface area contributed by atoms with Gasteiger partial charge in [-0.05, 0) is 27.2 Å². The van der Waals surface area contributed by atoms with Crippen LogP contribution in [-0.4, -0.2) is 77.5 Å². The molecule has 1 aliphatic carbocycles. The minimum absolute atomic E-state index is 0.113. The predicted octanol–water partition coefficient (Wildman–Crippen LogP) is 1.29. The summed E-state index contributed by atoms with van der Waals surface area (Å²) in [5.74, 6) is -0.0437. The van der Waals surface area contributed by atoms with E-state index in [2.05, 4.69) is 20.3 Å². The average molecular weight is 532 g/mol. The molecule has 3 N–H and O–H groups in total. The van der Waals surface area contributed by atoms with Crippen LogP contribution < -0.4 is 5.32 Å². The monoisotopic (exact) mass is 532 g/mol. The number of aliphatic hydroxyl groups is 2. The summed E-state index contributed by atoms with van der Waals surface area (Å²) in [5.41, 5.74) is 0.172. The fourth-order valence-corrected chi connectivity index (χ4v) is 4.10. The summed E-state index contributed by atoms with van der Waals surface area (Å²) in [6.07, 6.45) is -1.85. The highest BCUT2D eigenvalue weighted by atomic mass is 127. The Bertz CT molecular complexity index is 974. The molecule has 0 saturated heterocycles. The molecule has 0 unspecified atom stereocenters. The molecule has 0 radical (unpaired) electrons. The number of hydrogen-bond acceptors (Lipinski definition) is 9. The number of nitrogens with one attached hydrogen (secondary N) is 1.